The van der Waals surface area contributed by atoms with Gasteiger partial charge in [-0.15, -0.1) is 0 Å². The van der Waals surface area contributed by atoms with Gasteiger partial charge in [0.15, 0.2) is 0 Å². The predicted octanol–water partition coefficient (Wildman–Crippen LogP) is 3.40. The average Bonchev–Trinajstić information content (AvgIpc) is 3.16. The number of anilines is 2. The third kappa shape index (κ3) is 4.58. The fourth-order valence-corrected chi connectivity index (χ4v) is 4.49. The predicted molar refractivity (Wildman–Crippen MR) is 119 cm³/mol. The van der Waals surface area contributed by atoms with Gasteiger partial charge < -0.3 is 14.9 Å². The molecule has 1 saturated heterocycles. The lowest BCUT2D eigenvalue weighted by molar-refractivity contribution is -0.131. The Bertz CT molecular complexity index is 960. The zero-order valence-electron chi connectivity index (χ0n) is 17.5. The largest absolute Gasteiger partial charge is 0.465 e. The van der Waals surface area contributed by atoms with Crippen LogP contribution in [0.1, 0.15) is 36.9 Å². The van der Waals surface area contributed by atoms with Gasteiger partial charge in [-0.2, -0.15) is 0 Å². The van der Waals surface area contributed by atoms with Crippen LogP contribution in [0.2, 0.25) is 5.02 Å². The summed E-state index contributed by atoms with van der Waals surface area (Å²) in [5.74, 6) is 1.42. The van der Waals surface area contributed by atoms with Crippen molar-refractivity contribution in [3.63, 3.8) is 0 Å². The van der Waals surface area contributed by atoms with Crippen LogP contribution in [0, 0.1) is 0 Å². The Morgan fingerprint density at radius 3 is 2.55 bits per heavy atom. The molecule has 31 heavy (non-hydrogen) atoms. The zero-order valence-corrected chi connectivity index (χ0v) is 18.3. The number of aromatic nitrogens is 2. The van der Waals surface area contributed by atoms with E-state index in [2.05, 4.69) is 21.8 Å². The van der Waals surface area contributed by atoms with Gasteiger partial charge in [0.05, 0.1) is 0 Å². The van der Waals surface area contributed by atoms with Crippen LogP contribution in [0.3, 0.4) is 0 Å². The Morgan fingerprint density at radius 2 is 1.87 bits per heavy atom. The molecule has 9 heteroatoms. The standard InChI is InChI=1S/C22H26ClN5O3/c1-15-2-7-18-20(15)21(25-14-24-18)27-12-10-26(11-13-27)19(29)8-9-28(22(30)31)17-5-3-16(23)4-6-17/h3-6,14-15H,2,7-13H2,1H3,(H,30,31). The molecule has 2 aromatic rings. The van der Waals surface area contributed by atoms with Crippen LogP contribution in [0.25, 0.3) is 0 Å². The summed E-state index contributed by atoms with van der Waals surface area (Å²) >= 11 is 5.88. The third-order valence-electron chi connectivity index (χ3n) is 6.10. The molecule has 1 aromatic heterocycles. The Labute approximate surface area is 186 Å². The molecule has 1 N–H and O–H groups in total. The van der Waals surface area contributed by atoms with Crippen molar-refractivity contribution in [2.45, 2.75) is 32.1 Å². The maximum absolute atomic E-state index is 12.7. The van der Waals surface area contributed by atoms with Crippen molar-refractivity contribution in [3.05, 3.63) is 46.9 Å². The highest BCUT2D eigenvalue weighted by atomic mass is 35.5. The molecule has 8 nitrogen and oxygen atoms in total. The Balaban J connectivity index is 1.34. The quantitative estimate of drug-likeness (QED) is 0.761. The van der Waals surface area contributed by atoms with E-state index in [0.29, 0.717) is 42.8 Å². The summed E-state index contributed by atoms with van der Waals surface area (Å²) in [6.45, 7) is 4.93. The normalized spacial score (nSPS) is 18.1. The first kappa shape index (κ1) is 21.4. The summed E-state index contributed by atoms with van der Waals surface area (Å²) in [7, 11) is 0. The number of carbonyl (C=O) groups is 2. The van der Waals surface area contributed by atoms with E-state index in [-0.39, 0.29) is 18.9 Å². The summed E-state index contributed by atoms with van der Waals surface area (Å²) in [4.78, 5) is 38.6. The smallest absolute Gasteiger partial charge is 0.411 e. The molecule has 1 aliphatic carbocycles. The molecule has 1 atom stereocenters. The second-order valence-corrected chi connectivity index (χ2v) is 8.46. The molecule has 1 aromatic carbocycles. The highest BCUT2D eigenvalue weighted by Crippen LogP contribution is 2.37. The first-order valence-electron chi connectivity index (χ1n) is 10.6. The van der Waals surface area contributed by atoms with Crippen LogP contribution in [0.5, 0.6) is 0 Å². The number of halogens is 1. The summed E-state index contributed by atoms with van der Waals surface area (Å²) in [5.41, 5.74) is 2.90. The van der Waals surface area contributed by atoms with Crippen LogP contribution in [0.4, 0.5) is 16.3 Å². The topological polar surface area (TPSA) is 89.9 Å². The van der Waals surface area contributed by atoms with Crippen molar-refractivity contribution in [2.75, 3.05) is 42.5 Å². The van der Waals surface area contributed by atoms with Crippen LogP contribution >= 0.6 is 11.6 Å². The van der Waals surface area contributed by atoms with Crippen molar-refractivity contribution in [1.82, 2.24) is 14.9 Å². The van der Waals surface area contributed by atoms with E-state index in [9.17, 15) is 14.7 Å². The van der Waals surface area contributed by atoms with Crippen molar-refractivity contribution in [3.8, 4) is 0 Å². The van der Waals surface area contributed by atoms with Crippen LogP contribution in [0.15, 0.2) is 30.6 Å². The second-order valence-electron chi connectivity index (χ2n) is 8.03. The molecular weight excluding hydrogens is 418 g/mol. The minimum atomic E-state index is -1.09. The molecule has 0 spiro atoms. The van der Waals surface area contributed by atoms with Gasteiger partial charge in [0, 0.05) is 61.1 Å². The van der Waals surface area contributed by atoms with Crippen molar-refractivity contribution in [2.24, 2.45) is 0 Å². The van der Waals surface area contributed by atoms with Crippen LogP contribution < -0.4 is 9.80 Å². The minimum Gasteiger partial charge on any atom is -0.465 e. The van der Waals surface area contributed by atoms with Crippen LogP contribution in [-0.4, -0.2) is 64.7 Å². The third-order valence-corrected chi connectivity index (χ3v) is 6.35. The number of amides is 2. The average molecular weight is 444 g/mol. The number of carbonyl (C=O) groups excluding carboxylic acids is 1. The number of fused-ring (bicyclic) bond motifs is 1. The number of benzene rings is 1. The monoisotopic (exact) mass is 443 g/mol. The zero-order chi connectivity index (χ0) is 22.0. The molecule has 2 amide bonds. The lowest BCUT2D eigenvalue weighted by atomic mass is 10.1. The summed E-state index contributed by atoms with van der Waals surface area (Å²) in [6.07, 6.45) is 2.79. The maximum Gasteiger partial charge on any atom is 0.411 e. The molecular formula is C22H26ClN5O3. The van der Waals surface area contributed by atoms with Gasteiger partial charge in [-0.25, -0.2) is 14.8 Å². The Morgan fingerprint density at radius 1 is 1.16 bits per heavy atom. The summed E-state index contributed by atoms with van der Waals surface area (Å²) in [6, 6.07) is 6.55. The Kier molecular flexibility index (Phi) is 6.27. The van der Waals surface area contributed by atoms with Crippen LogP contribution in [-0.2, 0) is 11.2 Å². The van der Waals surface area contributed by atoms with Gasteiger partial charge in [0.25, 0.3) is 0 Å². The van der Waals surface area contributed by atoms with E-state index in [1.54, 1.807) is 30.6 Å². The van der Waals surface area contributed by atoms with Gasteiger partial charge in [-0.3, -0.25) is 9.69 Å². The number of rotatable bonds is 5. The van der Waals surface area contributed by atoms with Crippen molar-refractivity contribution >= 4 is 35.1 Å². The molecule has 0 bridgehead atoms. The molecule has 2 heterocycles. The number of piperazine rings is 1. The van der Waals surface area contributed by atoms with E-state index >= 15 is 0 Å². The van der Waals surface area contributed by atoms with Gasteiger partial charge in [0.1, 0.15) is 12.1 Å². The van der Waals surface area contributed by atoms with E-state index in [1.165, 1.54) is 10.5 Å². The number of carboxylic acid groups (broad SMARTS) is 1. The Hall–Kier alpha value is -2.87. The van der Waals surface area contributed by atoms with Gasteiger partial charge in [-0.1, -0.05) is 18.5 Å². The van der Waals surface area contributed by atoms with E-state index in [4.69, 9.17) is 11.6 Å². The molecule has 4 rings (SSSR count). The molecule has 0 radical (unpaired) electrons. The second kappa shape index (κ2) is 9.09. The fraction of sp³-hybridized carbons (Fsp3) is 0.455. The van der Waals surface area contributed by atoms with Crippen molar-refractivity contribution in [1.29, 1.82) is 0 Å². The first-order chi connectivity index (χ1) is 14.9. The maximum atomic E-state index is 12.7. The van der Waals surface area contributed by atoms with Gasteiger partial charge >= 0.3 is 6.09 Å². The molecule has 164 valence electrons. The lowest BCUT2D eigenvalue weighted by Crippen LogP contribution is -2.50. The minimum absolute atomic E-state index is 0.0406. The van der Waals surface area contributed by atoms with E-state index in [0.717, 1.165) is 24.4 Å². The molecule has 1 unspecified atom stereocenters. The van der Waals surface area contributed by atoms with Gasteiger partial charge in [-0.05, 0) is 43.0 Å². The van der Waals surface area contributed by atoms with E-state index in [1.807, 2.05) is 4.90 Å². The molecule has 0 saturated carbocycles. The molecule has 2 aliphatic rings. The number of nitrogens with zero attached hydrogens (tertiary/aromatic N) is 5. The fourth-order valence-electron chi connectivity index (χ4n) is 4.36. The summed E-state index contributed by atoms with van der Waals surface area (Å²) in [5, 5.41) is 10.1. The highest BCUT2D eigenvalue weighted by molar-refractivity contribution is 6.30. The van der Waals surface area contributed by atoms with E-state index < -0.39 is 6.09 Å². The lowest BCUT2D eigenvalue weighted by Gasteiger charge is -2.36. The molecule has 1 aliphatic heterocycles. The molecule has 1 fully saturated rings. The highest BCUT2D eigenvalue weighted by Gasteiger charge is 2.29. The number of hydrogen-bond acceptors (Lipinski definition) is 5. The summed E-state index contributed by atoms with van der Waals surface area (Å²) < 4.78 is 0. The number of hydrogen-bond donors (Lipinski definition) is 1. The van der Waals surface area contributed by atoms with Gasteiger partial charge in [0.2, 0.25) is 5.91 Å². The SMILES string of the molecule is CC1CCc2ncnc(N3CCN(C(=O)CCN(C(=O)O)c4ccc(Cl)cc4)CC3)c21. The first-order valence-corrected chi connectivity index (χ1v) is 10.9. The van der Waals surface area contributed by atoms with Crippen molar-refractivity contribution < 1.29 is 14.7 Å². The number of aryl methyl sites for hydroxylation is 1.